The molecule has 158 valence electrons. The van der Waals surface area contributed by atoms with Crippen LogP contribution in [0, 0.1) is 0 Å². The Morgan fingerprint density at radius 2 is 1.55 bits per heavy atom. The van der Waals surface area contributed by atoms with Crippen molar-refractivity contribution in [2.24, 2.45) is 0 Å². The monoisotopic (exact) mass is 418 g/mol. The number of amides is 1. The molecule has 0 aliphatic rings. The molecule has 29 heavy (non-hydrogen) atoms. The number of nitrogens with zero attached hydrogens (tertiary/aromatic N) is 1. The van der Waals surface area contributed by atoms with Gasteiger partial charge in [0.15, 0.2) is 6.10 Å². The van der Waals surface area contributed by atoms with Gasteiger partial charge in [0.2, 0.25) is 10.0 Å². The molecular formula is C22H30N2O4S. The third kappa shape index (κ3) is 6.30. The average molecular weight is 419 g/mol. The number of carbonyl (C=O) groups is 1. The standard InChI is InChI=1S/C22H30N2O4S/c1-4-16-24(17-5-2)29(26,27)20-14-12-18(13-15-20)23-22(25)21(6-3)28-19-10-8-7-9-11-19/h7-15,21H,4-6,16-17H2,1-3H3,(H,23,25). The first-order valence-corrected chi connectivity index (χ1v) is 11.5. The number of sulfonamides is 1. The van der Waals surface area contributed by atoms with Gasteiger partial charge in [-0.2, -0.15) is 4.31 Å². The van der Waals surface area contributed by atoms with Gasteiger partial charge in [-0.1, -0.05) is 39.0 Å². The number of nitrogens with one attached hydrogen (secondary N) is 1. The maximum Gasteiger partial charge on any atom is 0.265 e. The van der Waals surface area contributed by atoms with Crippen LogP contribution in [0.15, 0.2) is 59.5 Å². The molecule has 0 heterocycles. The molecule has 2 rings (SSSR count). The normalized spacial score (nSPS) is 12.6. The van der Waals surface area contributed by atoms with Crippen molar-refractivity contribution in [3.63, 3.8) is 0 Å². The summed E-state index contributed by atoms with van der Waals surface area (Å²) in [4.78, 5) is 12.8. The summed E-state index contributed by atoms with van der Waals surface area (Å²) >= 11 is 0. The van der Waals surface area contributed by atoms with Gasteiger partial charge in [-0.15, -0.1) is 0 Å². The second kappa shape index (κ2) is 11.0. The van der Waals surface area contributed by atoms with E-state index in [2.05, 4.69) is 5.32 Å². The third-order valence-corrected chi connectivity index (χ3v) is 6.30. The van der Waals surface area contributed by atoms with E-state index in [-0.39, 0.29) is 10.8 Å². The van der Waals surface area contributed by atoms with Crippen LogP contribution in [0.2, 0.25) is 0 Å². The molecule has 1 amide bonds. The maximum atomic E-state index is 12.8. The number of benzene rings is 2. The second-order valence-corrected chi connectivity index (χ2v) is 8.68. The Labute approximate surface area is 173 Å². The zero-order valence-corrected chi connectivity index (χ0v) is 18.1. The molecular weight excluding hydrogens is 388 g/mol. The van der Waals surface area contributed by atoms with E-state index in [0.717, 1.165) is 12.8 Å². The largest absolute Gasteiger partial charge is 0.481 e. The molecule has 0 bridgehead atoms. The molecule has 2 aromatic carbocycles. The van der Waals surface area contributed by atoms with E-state index in [9.17, 15) is 13.2 Å². The minimum atomic E-state index is -3.54. The van der Waals surface area contributed by atoms with Gasteiger partial charge < -0.3 is 10.1 Å². The fourth-order valence-corrected chi connectivity index (χ4v) is 4.54. The zero-order chi connectivity index (χ0) is 21.3. The minimum Gasteiger partial charge on any atom is -0.481 e. The number of para-hydroxylation sites is 1. The van der Waals surface area contributed by atoms with Crippen molar-refractivity contribution < 1.29 is 17.9 Å². The Kier molecular flexibility index (Phi) is 8.67. The molecule has 0 radical (unpaired) electrons. The first-order chi connectivity index (χ1) is 13.9. The molecule has 0 aliphatic heterocycles. The molecule has 0 aromatic heterocycles. The molecule has 1 N–H and O–H groups in total. The van der Waals surface area contributed by atoms with Crippen LogP contribution in [0.4, 0.5) is 5.69 Å². The highest BCUT2D eigenvalue weighted by Gasteiger charge is 2.23. The smallest absolute Gasteiger partial charge is 0.265 e. The van der Waals surface area contributed by atoms with Crippen molar-refractivity contribution in [1.29, 1.82) is 0 Å². The number of anilines is 1. The number of hydrogen-bond donors (Lipinski definition) is 1. The van der Waals surface area contributed by atoms with Gasteiger partial charge in [0.25, 0.3) is 5.91 Å². The van der Waals surface area contributed by atoms with Crippen molar-refractivity contribution >= 4 is 21.6 Å². The molecule has 7 heteroatoms. The van der Waals surface area contributed by atoms with E-state index in [1.165, 1.54) is 16.4 Å². The molecule has 0 aliphatic carbocycles. The fourth-order valence-electron chi connectivity index (χ4n) is 2.92. The Morgan fingerprint density at radius 1 is 0.966 bits per heavy atom. The Morgan fingerprint density at radius 3 is 2.07 bits per heavy atom. The Balaban J connectivity index is 2.08. The topological polar surface area (TPSA) is 75.7 Å². The summed E-state index contributed by atoms with van der Waals surface area (Å²) in [5, 5.41) is 2.80. The zero-order valence-electron chi connectivity index (χ0n) is 17.3. The predicted octanol–water partition coefficient (Wildman–Crippen LogP) is 4.29. The summed E-state index contributed by atoms with van der Waals surface area (Å²) in [5.41, 5.74) is 0.529. The predicted molar refractivity (Wildman–Crippen MR) is 116 cm³/mol. The van der Waals surface area contributed by atoms with Crippen molar-refractivity contribution in [2.75, 3.05) is 18.4 Å². The van der Waals surface area contributed by atoms with Gasteiger partial charge in [0.1, 0.15) is 5.75 Å². The van der Waals surface area contributed by atoms with Crippen LogP contribution in [0.1, 0.15) is 40.0 Å². The third-order valence-electron chi connectivity index (χ3n) is 4.39. The van der Waals surface area contributed by atoms with Crippen molar-refractivity contribution in [1.82, 2.24) is 4.31 Å². The fraction of sp³-hybridized carbons (Fsp3) is 0.409. The SMILES string of the molecule is CCCN(CCC)S(=O)(=O)c1ccc(NC(=O)C(CC)Oc2ccccc2)cc1. The quantitative estimate of drug-likeness (QED) is 0.590. The molecule has 0 fully saturated rings. The van der Waals surface area contributed by atoms with Gasteiger partial charge in [0, 0.05) is 18.8 Å². The van der Waals surface area contributed by atoms with E-state index in [4.69, 9.17) is 4.74 Å². The highest BCUT2D eigenvalue weighted by Crippen LogP contribution is 2.20. The van der Waals surface area contributed by atoms with Crippen LogP contribution in [0.5, 0.6) is 5.75 Å². The van der Waals surface area contributed by atoms with Crippen LogP contribution in [-0.2, 0) is 14.8 Å². The summed E-state index contributed by atoms with van der Waals surface area (Å²) < 4.78 is 32.9. The van der Waals surface area contributed by atoms with Crippen LogP contribution in [-0.4, -0.2) is 37.8 Å². The highest BCUT2D eigenvalue weighted by molar-refractivity contribution is 7.89. The first-order valence-electron chi connectivity index (χ1n) is 10.0. The second-order valence-electron chi connectivity index (χ2n) is 6.75. The first kappa shape index (κ1) is 22.9. The van der Waals surface area contributed by atoms with Crippen molar-refractivity contribution in [2.45, 2.75) is 51.0 Å². The molecule has 6 nitrogen and oxygen atoms in total. The lowest BCUT2D eigenvalue weighted by atomic mass is 10.2. The van der Waals surface area contributed by atoms with Crippen LogP contribution < -0.4 is 10.1 Å². The van der Waals surface area contributed by atoms with Crippen LogP contribution >= 0.6 is 0 Å². The number of carbonyl (C=O) groups excluding carboxylic acids is 1. The average Bonchev–Trinajstić information content (AvgIpc) is 2.73. The van der Waals surface area contributed by atoms with Gasteiger partial charge in [-0.25, -0.2) is 8.42 Å². The van der Waals surface area contributed by atoms with E-state index in [1.807, 2.05) is 39.0 Å². The minimum absolute atomic E-state index is 0.227. The van der Waals surface area contributed by atoms with E-state index >= 15 is 0 Å². The van der Waals surface area contributed by atoms with Gasteiger partial charge in [-0.05, 0) is 55.7 Å². The maximum absolute atomic E-state index is 12.8. The van der Waals surface area contributed by atoms with Gasteiger partial charge in [0.05, 0.1) is 4.90 Å². The van der Waals surface area contributed by atoms with E-state index in [0.29, 0.717) is 30.9 Å². The van der Waals surface area contributed by atoms with Crippen LogP contribution in [0.25, 0.3) is 0 Å². The molecule has 1 unspecified atom stereocenters. The lowest BCUT2D eigenvalue weighted by Gasteiger charge is -2.21. The summed E-state index contributed by atoms with van der Waals surface area (Å²) in [7, 11) is -3.54. The number of rotatable bonds is 11. The van der Waals surface area contributed by atoms with E-state index in [1.54, 1.807) is 24.3 Å². The summed E-state index contributed by atoms with van der Waals surface area (Å²) in [6.07, 6.45) is 1.39. The van der Waals surface area contributed by atoms with Crippen molar-refractivity contribution in [3.8, 4) is 5.75 Å². The number of hydrogen-bond acceptors (Lipinski definition) is 4. The lowest BCUT2D eigenvalue weighted by molar-refractivity contribution is -0.122. The lowest BCUT2D eigenvalue weighted by Crippen LogP contribution is -2.33. The van der Waals surface area contributed by atoms with E-state index < -0.39 is 16.1 Å². The molecule has 0 spiro atoms. The molecule has 0 saturated carbocycles. The highest BCUT2D eigenvalue weighted by atomic mass is 32.2. The van der Waals surface area contributed by atoms with Crippen LogP contribution in [0.3, 0.4) is 0 Å². The van der Waals surface area contributed by atoms with Crippen molar-refractivity contribution in [3.05, 3.63) is 54.6 Å². The molecule has 1 atom stereocenters. The number of ether oxygens (including phenoxy) is 1. The van der Waals surface area contributed by atoms with Gasteiger partial charge in [-0.3, -0.25) is 4.79 Å². The summed E-state index contributed by atoms with van der Waals surface area (Å²) in [6, 6.07) is 15.4. The molecule has 0 saturated heterocycles. The van der Waals surface area contributed by atoms with Gasteiger partial charge >= 0.3 is 0 Å². The molecule has 2 aromatic rings. The summed E-state index contributed by atoms with van der Waals surface area (Å²) in [5.74, 6) is 0.355. The Bertz CT molecular complexity index is 861. The summed E-state index contributed by atoms with van der Waals surface area (Å²) in [6.45, 7) is 6.77. The Hall–Kier alpha value is -2.38.